The van der Waals surface area contributed by atoms with Crippen LogP contribution in [0.1, 0.15) is 38.1 Å². The molecule has 3 rings (SSSR count). The van der Waals surface area contributed by atoms with E-state index >= 15 is 0 Å². The summed E-state index contributed by atoms with van der Waals surface area (Å²) in [4.78, 5) is 13.9. The van der Waals surface area contributed by atoms with Crippen LogP contribution in [0.2, 0.25) is 0 Å². The second kappa shape index (κ2) is 5.70. The van der Waals surface area contributed by atoms with Crippen molar-refractivity contribution in [2.24, 2.45) is 0 Å². The number of fused-ring (bicyclic) bond motifs is 3. The first kappa shape index (κ1) is 15.6. The van der Waals surface area contributed by atoms with Crippen LogP contribution in [0.15, 0.2) is 48.5 Å². The van der Waals surface area contributed by atoms with Gasteiger partial charge in [0.15, 0.2) is 6.23 Å². The molecule has 120 valence electrons. The van der Waals surface area contributed by atoms with Crippen LogP contribution in [0.4, 0.5) is 4.79 Å². The summed E-state index contributed by atoms with van der Waals surface area (Å²) < 4.78 is 5.46. The highest BCUT2D eigenvalue weighted by Crippen LogP contribution is 2.37. The van der Waals surface area contributed by atoms with Gasteiger partial charge in [0.25, 0.3) is 0 Å². The molecule has 0 fully saturated rings. The molecule has 4 heteroatoms. The maximum absolute atomic E-state index is 12.5. The lowest BCUT2D eigenvalue weighted by Gasteiger charge is -2.30. The Morgan fingerprint density at radius 3 is 2.39 bits per heavy atom. The van der Waals surface area contributed by atoms with E-state index in [-0.39, 0.29) is 0 Å². The molecule has 0 radical (unpaired) electrons. The van der Waals surface area contributed by atoms with Gasteiger partial charge in [0.1, 0.15) is 5.60 Å². The minimum absolute atomic E-state index is 0.306. The number of ether oxygens (including phenoxy) is 1. The smallest absolute Gasteiger partial charge is 0.412 e. The van der Waals surface area contributed by atoms with E-state index in [9.17, 15) is 9.90 Å². The number of carbonyl (C=O) groups excluding carboxylic acids is 1. The van der Waals surface area contributed by atoms with Crippen molar-refractivity contribution in [3.8, 4) is 11.1 Å². The number of rotatable bonds is 0. The monoisotopic (exact) mass is 311 g/mol. The fourth-order valence-electron chi connectivity index (χ4n) is 2.81. The molecule has 0 saturated heterocycles. The molecule has 2 aromatic carbocycles. The van der Waals surface area contributed by atoms with Crippen molar-refractivity contribution in [1.29, 1.82) is 0 Å². The van der Waals surface area contributed by atoms with Crippen molar-refractivity contribution in [3.05, 3.63) is 59.7 Å². The third-order valence-electron chi connectivity index (χ3n) is 3.81. The second-order valence-electron chi connectivity index (χ2n) is 6.73. The largest absolute Gasteiger partial charge is 0.444 e. The second-order valence-corrected chi connectivity index (χ2v) is 6.73. The third-order valence-corrected chi connectivity index (χ3v) is 3.81. The lowest BCUT2D eigenvalue weighted by Crippen LogP contribution is -2.38. The summed E-state index contributed by atoms with van der Waals surface area (Å²) in [6, 6.07) is 15.5. The number of aliphatic hydroxyl groups is 1. The fraction of sp³-hybridized carbons (Fsp3) is 0.316. The predicted octanol–water partition coefficient (Wildman–Crippen LogP) is 4.10. The summed E-state index contributed by atoms with van der Waals surface area (Å²) >= 11 is 0. The van der Waals surface area contributed by atoms with Gasteiger partial charge in [-0.1, -0.05) is 48.5 Å². The van der Waals surface area contributed by atoms with Crippen LogP contribution < -0.4 is 0 Å². The van der Waals surface area contributed by atoms with Crippen molar-refractivity contribution < 1.29 is 14.6 Å². The molecule has 23 heavy (non-hydrogen) atoms. The van der Waals surface area contributed by atoms with Gasteiger partial charge < -0.3 is 9.84 Å². The van der Waals surface area contributed by atoms with E-state index in [1.165, 1.54) is 4.90 Å². The average Bonchev–Trinajstić information content (AvgIpc) is 2.62. The average molecular weight is 311 g/mol. The maximum atomic E-state index is 12.5. The van der Waals surface area contributed by atoms with Crippen LogP contribution in [0, 0.1) is 0 Å². The zero-order valence-electron chi connectivity index (χ0n) is 13.6. The van der Waals surface area contributed by atoms with Gasteiger partial charge in [-0.2, -0.15) is 0 Å². The Morgan fingerprint density at radius 1 is 1.09 bits per heavy atom. The Hall–Kier alpha value is -2.33. The lowest BCUT2D eigenvalue weighted by atomic mass is 9.96. The molecule has 1 heterocycles. The van der Waals surface area contributed by atoms with Gasteiger partial charge in [-0.05, 0) is 37.5 Å². The first-order chi connectivity index (χ1) is 10.9. The Balaban J connectivity index is 2.08. The van der Waals surface area contributed by atoms with Gasteiger partial charge in [0, 0.05) is 5.56 Å². The molecule has 0 bridgehead atoms. The van der Waals surface area contributed by atoms with Crippen LogP contribution in [0.25, 0.3) is 11.1 Å². The van der Waals surface area contributed by atoms with E-state index in [1.54, 1.807) is 0 Å². The van der Waals surface area contributed by atoms with Gasteiger partial charge in [-0.25, -0.2) is 4.79 Å². The number of benzene rings is 2. The molecule has 1 amide bonds. The van der Waals surface area contributed by atoms with Crippen LogP contribution in [-0.4, -0.2) is 21.7 Å². The van der Waals surface area contributed by atoms with Crippen molar-refractivity contribution in [1.82, 2.24) is 4.90 Å². The summed E-state index contributed by atoms with van der Waals surface area (Å²) in [5.41, 5.74) is 3.07. The number of hydrogen-bond donors (Lipinski definition) is 1. The van der Waals surface area contributed by atoms with Crippen molar-refractivity contribution in [3.63, 3.8) is 0 Å². The highest BCUT2D eigenvalue weighted by molar-refractivity contribution is 5.76. The number of nitrogens with zero attached hydrogens (tertiary/aromatic N) is 1. The zero-order valence-corrected chi connectivity index (χ0v) is 13.6. The van der Waals surface area contributed by atoms with Gasteiger partial charge in [0.05, 0.1) is 6.54 Å². The standard InChI is InChI=1S/C19H21NO3/c1-19(2,3)23-18(22)20-12-13-8-4-5-9-14(13)15-10-6-7-11-16(15)17(20)21/h4-11,17,21H,12H2,1-3H3. The summed E-state index contributed by atoms with van der Waals surface area (Å²) in [6.45, 7) is 5.76. The van der Waals surface area contributed by atoms with Gasteiger partial charge in [-0.15, -0.1) is 0 Å². The highest BCUT2D eigenvalue weighted by atomic mass is 16.6. The molecule has 1 aliphatic rings. The number of carbonyl (C=O) groups is 1. The Morgan fingerprint density at radius 2 is 1.70 bits per heavy atom. The molecule has 0 aliphatic carbocycles. The van der Waals surface area contributed by atoms with Crippen molar-refractivity contribution in [2.45, 2.75) is 39.1 Å². The van der Waals surface area contributed by atoms with Gasteiger partial charge in [0.2, 0.25) is 0 Å². The summed E-state index contributed by atoms with van der Waals surface area (Å²) in [7, 11) is 0. The molecule has 4 nitrogen and oxygen atoms in total. The molecule has 2 aromatic rings. The van der Waals surface area contributed by atoms with E-state index in [4.69, 9.17) is 4.74 Å². The topological polar surface area (TPSA) is 49.8 Å². The molecule has 0 spiro atoms. The van der Waals surface area contributed by atoms with Crippen molar-refractivity contribution in [2.75, 3.05) is 0 Å². The maximum Gasteiger partial charge on any atom is 0.412 e. The molecule has 1 aliphatic heterocycles. The van der Waals surface area contributed by atoms with Gasteiger partial charge in [-0.3, -0.25) is 4.90 Å². The molecule has 0 aromatic heterocycles. The molecular weight excluding hydrogens is 290 g/mol. The Bertz CT molecular complexity index is 733. The van der Waals surface area contributed by atoms with Gasteiger partial charge >= 0.3 is 6.09 Å². The minimum atomic E-state index is -1.03. The molecule has 1 N–H and O–H groups in total. The molecular formula is C19H21NO3. The Labute approximate surface area is 136 Å². The lowest BCUT2D eigenvalue weighted by molar-refractivity contribution is -0.0344. The number of hydrogen-bond acceptors (Lipinski definition) is 3. The SMILES string of the molecule is CC(C)(C)OC(=O)N1Cc2ccccc2-c2ccccc2C1O. The van der Waals surface area contributed by atoms with Crippen LogP contribution in [0.5, 0.6) is 0 Å². The normalized spacial score (nSPS) is 17.0. The molecule has 0 saturated carbocycles. The van der Waals surface area contributed by atoms with Crippen LogP contribution in [-0.2, 0) is 11.3 Å². The number of amides is 1. The van der Waals surface area contributed by atoms with E-state index in [1.807, 2.05) is 69.3 Å². The van der Waals surface area contributed by atoms with E-state index in [2.05, 4.69) is 0 Å². The zero-order chi connectivity index (χ0) is 16.6. The Kier molecular flexibility index (Phi) is 3.86. The van der Waals surface area contributed by atoms with Crippen LogP contribution >= 0.6 is 0 Å². The van der Waals surface area contributed by atoms with E-state index in [0.29, 0.717) is 12.1 Å². The molecule has 1 atom stereocenters. The summed E-state index contributed by atoms with van der Waals surface area (Å²) in [5, 5.41) is 10.8. The predicted molar refractivity (Wildman–Crippen MR) is 88.6 cm³/mol. The number of aliphatic hydroxyl groups excluding tert-OH is 1. The van der Waals surface area contributed by atoms with Crippen LogP contribution in [0.3, 0.4) is 0 Å². The summed E-state index contributed by atoms with van der Waals surface area (Å²) in [6.07, 6.45) is -1.55. The highest BCUT2D eigenvalue weighted by Gasteiger charge is 2.32. The first-order valence-corrected chi connectivity index (χ1v) is 7.72. The molecule has 1 unspecified atom stereocenters. The fourth-order valence-corrected chi connectivity index (χ4v) is 2.81. The van der Waals surface area contributed by atoms with E-state index < -0.39 is 17.9 Å². The third kappa shape index (κ3) is 3.08. The van der Waals surface area contributed by atoms with Crippen molar-refractivity contribution >= 4 is 6.09 Å². The van der Waals surface area contributed by atoms with E-state index in [0.717, 1.165) is 16.7 Å². The summed E-state index contributed by atoms with van der Waals surface area (Å²) in [5.74, 6) is 0. The minimum Gasteiger partial charge on any atom is -0.444 e. The first-order valence-electron chi connectivity index (χ1n) is 7.72. The quantitative estimate of drug-likeness (QED) is 0.797.